The number of amides is 1. The Balaban J connectivity index is 1.92. The van der Waals surface area contributed by atoms with Gasteiger partial charge in [0, 0.05) is 20.1 Å². The zero-order chi connectivity index (χ0) is 28.3. The van der Waals surface area contributed by atoms with Gasteiger partial charge < -0.3 is 19.3 Å². The number of benzene rings is 2. The molecule has 0 fully saturated rings. The summed E-state index contributed by atoms with van der Waals surface area (Å²) < 4.78 is 88.9. The molecule has 0 radical (unpaired) electrons. The Bertz CT molecular complexity index is 1320. The number of thioether (sulfide) groups is 1. The van der Waals surface area contributed by atoms with Gasteiger partial charge in [0.1, 0.15) is 5.75 Å². The molecule has 0 aliphatic carbocycles. The summed E-state index contributed by atoms with van der Waals surface area (Å²) in [6, 6.07) is 7.07. The molecule has 1 heterocycles. The standard InChI is InChI=1S/C24H20F6N4O3S/c1-33(2)8-9-34(3)22-32-21(35)20(38-22)12-14-4-7-18(19(11-14)37-24(28,29)30)36-17-6-5-15(13-31)10-16(17)23(25,26)27/h4-7,10-12H,8-9H2,1-3H3/b20-12-. The number of alkyl halides is 6. The second-order valence-corrected chi connectivity index (χ2v) is 9.22. The Morgan fingerprint density at radius 1 is 1.00 bits per heavy atom. The lowest BCUT2D eigenvalue weighted by Gasteiger charge is -2.20. The zero-order valence-corrected chi connectivity index (χ0v) is 21.0. The van der Waals surface area contributed by atoms with Gasteiger partial charge in [0.2, 0.25) is 0 Å². The van der Waals surface area contributed by atoms with Crippen molar-refractivity contribution in [2.24, 2.45) is 4.99 Å². The van der Waals surface area contributed by atoms with Gasteiger partial charge in [0.15, 0.2) is 16.7 Å². The molecule has 202 valence electrons. The largest absolute Gasteiger partial charge is 0.573 e. The first-order valence-corrected chi connectivity index (χ1v) is 11.6. The Morgan fingerprint density at radius 3 is 2.29 bits per heavy atom. The SMILES string of the molecule is CN(C)CCN(C)C1=NC(=O)/C(=C/c2ccc(Oc3ccc(C#N)cc3C(F)(F)F)c(OC(F)(F)F)c2)S1. The van der Waals surface area contributed by atoms with Crippen molar-refractivity contribution in [1.82, 2.24) is 9.80 Å². The van der Waals surface area contributed by atoms with Crippen LogP contribution in [-0.2, 0) is 11.0 Å². The van der Waals surface area contributed by atoms with Crippen molar-refractivity contribution in [3.05, 3.63) is 58.0 Å². The van der Waals surface area contributed by atoms with Gasteiger partial charge in [-0.2, -0.15) is 23.4 Å². The van der Waals surface area contributed by atoms with E-state index in [9.17, 15) is 31.1 Å². The van der Waals surface area contributed by atoms with Gasteiger partial charge >= 0.3 is 12.5 Å². The predicted octanol–water partition coefficient (Wildman–Crippen LogP) is 5.73. The van der Waals surface area contributed by atoms with E-state index in [1.165, 1.54) is 12.1 Å². The highest BCUT2D eigenvalue weighted by Gasteiger charge is 2.36. The minimum Gasteiger partial charge on any atom is -0.453 e. The highest BCUT2D eigenvalue weighted by atomic mass is 32.2. The van der Waals surface area contributed by atoms with E-state index in [-0.39, 0.29) is 16.0 Å². The van der Waals surface area contributed by atoms with Crippen molar-refractivity contribution in [2.45, 2.75) is 12.5 Å². The number of likely N-dealkylation sites (N-methyl/N-ethyl adjacent to an activating group) is 2. The van der Waals surface area contributed by atoms with E-state index in [4.69, 9.17) is 10.00 Å². The van der Waals surface area contributed by atoms with Crippen LogP contribution in [0.1, 0.15) is 16.7 Å². The number of hydrogen-bond acceptors (Lipinski definition) is 7. The van der Waals surface area contributed by atoms with Gasteiger partial charge in [-0.1, -0.05) is 6.07 Å². The van der Waals surface area contributed by atoms with E-state index in [2.05, 4.69) is 9.73 Å². The van der Waals surface area contributed by atoms with E-state index in [0.717, 1.165) is 36.0 Å². The summed E-state index contributed by atoms with van der Waals surface area (Å²) in [7, 11) is 5.51. The molecule has 0 bridgehead atoms. The molecule has 0 saturated heterocycles. The molecule has 1 aliphatic heterocycles. The lowest BCUT2D eigenvalue weighted by atomic mass is 10.1. The van der Waals surface area contributed by atoms with Crippen molar-refractivity contribution in [1.29, 1.82) is 5.26 Å². The first-order valence-electron chi connectivity index (χ1n) is 10.7. The molecule has 0 unspecified atom stereocenters. The highest BCUT2D eigenvalue weighted by Crippen LogP contribution is 2.42. The van der Waals surface area contributed by atoms with Crippen molar-refractivity contribution in [3.8, 4) is 23.3 Å². The van der Waals surface area contributed by atoms with Crippen LogP contribution in [0.3, 0.4) is 0 Å². The predicted molar refractivity (Wildman–Crippen MR) is 129 cm³/mol. The number of nitriles is 1. The Labute approximate surface area is 217 Å². The molecule has 0 N–H and O–H groups in total. The smallest absolute Gasteiger partial charge is 0.453 e. The van der Waals surface area contributed by atoms with E-state index in [0.29, 0.717) is 24.3 Å². The quantitative estimate of drug-likeness (QED) is 0.317. The average Bonchev–Trinajstić information content (AvgIpc) is 3.17. The van der Waals surface area contributed by atoms with Crippen LogP contribution in [-0.4, -0.2) is 61.5 Å². The van der Waals surface area contributed by atoms with Crippen molar-refractivity contribution < 1.29 is 40.6 Å². The first kappa shape index (κ1) is 28.9. The molecule has 0 spiro atoms. The second-order valence-electron chi connectivity index (χ2n) is 8.21. The summed E-state index contributed by atoms with van der Waals surface area (Å²) in [5.74, 6) is -3.00. The number of amidine groups is 1. The van der Waals surface area contributed by atoms with Crippen LogP contribution < -0.4 is 9.47 Å². The monoisotopic (exact) mass is 558 g/mol. The zero-order valence-electron chi connectivity index (χ0n) is 20.1. The molecule has 2 aromatic carbocycles. The molecule has 0 saturated carbocycles. The van der Waals surface area contributed by atoms with Crippen LogP contribution in [0.4, 0.5) is 26.3 Å². The number of carbonyl (C=O) groups excluding carboxylic acids is 1. The molecule has 3 rings (SSSR count). The van der Waals surface area contributed by atoms with Crippen LogP contribution in [0.25, 0.3) is 6.08 Å². The van der Waals surface area contributed by atoms with Crippen molar-refractivity contribution in [3.63, 3.8) is 0 Å². The third-order valence-corrected chi connectivity index (χ3v) is 6.04. The first-order chi connectivity index (χ1) is 17.7. The molecule has 0 aromatic heterocycles. The van der Waals surface area contributed by atoms with Crippen molar-refractivity contribution in [2.75, 3.05) is 34.2 Å². The van der Waals surface area contributed by atoms with Crippen LogP contribution >= 0.6 is 11.8 Å². The maximum atomic E-state index is 13.5. The normalized spacial score (nSPS) is 15.0. The fraction of sp³-hybridized carbons (Fsp3) is 0.292. The number of aliphatic imine (C=N–C) groups is 1. The van der Waals surface area contributed by atoms with Gasteiger partial charge in [-0.3, -0.25) is 4.79 Å². The van der Waals surface area contributed by atoms with Gasteiger partial charge in [-0.05, 0) is 67.8 Å². The van der Waals surface area contributed by atoms with Crippen LogP contribution in [0, 0.1) is 11.3 Å². The Morgan fingerprint density at radius 2 is 1.68 bits per heavy atom. The number of nitrogens with zero attached hydrogens (tertiary/aromatic N) is 4. The molecule has 38 heavy (non-hydrogen) atoms. The summed E-state index contributed by atoms with van der Waals surface area (Å²) in [6.07, 6.45) is -8.85. The lowest BCUT2D eigenvalue weighted by molar-refractivity contribution is -0.275. The third-order valence-electron chi connectivity index (χ3n) is 4.94. The Kier molecular flexibility index (Phi) is 8.63. The molecule has 0 atom stereocenters. The third kappa shape index (κ3) is 7.65. The Hall–Kier alpha value is -3.70. The maximum absolute atomic E-state index is 13.5. The minimum atomic E-state index is -5.19. The van der Waals surface area contributed by atoms with Gasteiger partial charge in [0.25, 0.3) is 5.91 Å². The average molecular weight is 559 g/mol. The van der Waals surface area contributed by atoms with Gasteiger partial charge in [-0.25, -0.2) is 0 Å². The van der Waals surface area contributed by atoms with E-state index < -0.39 is 41.3 Å². The fourth-order valence-corrected chi connectivity index (χ4v) is 3.99. The van der Waals surface area contributed by atoms with E-state index in [1.54, 1.807) is 18.0 Å². The highest BCUT2D eigenvalue weighted by molar-refractivity contribution is 8.18. The van der Waals surface area contributed by atoms with Crippen molar-refractivity contribution >= 4 is 28.9 Å². The summed E-state index contributed by atoms with van der Waals surface area (Å²) in [5.41, 5.74) is -1.57. The summed E-state index contributed by atoms with van der Waals surface area (Å²) in [4.78, 5) is 20.2. The maximum Gasteiger partial charge on any atom is 0.573 e. The second kappa shape index (κ2) is 11.4. The lowest BCUT2D eigenvalue weighted by Crippen LogP contribution is -2.31. The molecular weight excluding hydrogens is 538 g/mol. The summed E-state index contributed by atoms with van der Waals surface area (Å²) >= 11 is 1.03. The minimum absolute atomic E-state index is 0.0933. The topological polar surface area (TPSA) is 78.2 Å². The summed E-state index contributed by atoms with van der Waals surface area (Å²) in [6.45, 7) is 1.27. The van der Waals surface area contributed by atoms with E-state index >= 15 is 0 Å². The number of halogens is 6. The molecule has 1 aliphatic rings. The number of rotatable bonds is 7. The number of hydrogen-bond donors (Lipinski definition) is 0. The van der Waals surface area contributed by atoms with Crippen LogP contribution in [0.15, 0.2) is 46.3 Å². The molecular formula is C24H20F6N4O3S. The van der Waals surface area contributed by atoms with Gasteiger partial charge in [0.05, 0.1) is 22.1 Å². The van der Waals surface area contributed by atoms with E-state index in [1.807, 2.05) is 19.0 Å². The van der Waals surface area contributed by atoms with Gasteiger partial charge in [-0.15, -0.1) is 13.2 Å². The number of ether oxygens (including phenoxy) is 2. The number of carbonyl (C=O) groups is 1. The fourth-order valence-electron chi connectivity index (χ4n) is 3.09. The molecule has 7 nitrogen and oxygen atoms in total. The van der Waals surface area contributed by atoms with Crippen LogP contribution in [0.5, 0.6) is 17.2 Å². The molecule has 2 aromatic rings. The van der Waals surface area contributed by atoms with Crippen LogP contribution in [0.2, 0.25) is 0 Å². The summed E-state index contributed by atoms with van der Waals surface area (Å²) in [5, 5.41) is 9.31. The molecule has 14 heteroatoms. The molecule has 1 amide bonds.